The molecule has 0 radical (unpaired) electrons. The zero-order valence-corrected chi connectivity index (χ0v) is 12.2. The summed E-state index contributed by atoms with van der Waals surface area (Å²) in [5.74, 6) is -0.263. The molecule has 0 aliphatic heterocycles. The molecule has 1 fully saturated rings. The molecule has 1 aliphatic rings. The summed E-state index contributed by atoms with van der Waals surface area (Å²) in [6, 6.07) is 1.54. The highest BCUT2D eigenvalue weighted by atomic mass is 35.5. The molecule has 0 unspecified atom stereocenters. The van der Waals surface area contributed by atoms with Crippen LogP contribution in [0.4, 0.5) is 0 Å². The molecule has 0 spiro atoms. The predicted molar refractivity (Wildman–Crippen MR) is 70.9 cm³/mol. The zero-order chi connectivity index (χ0) is 13.7. The first-order valence-electron chi connectivity index (χ1n) is 5.67. The molecule has 1 aliphatic carbocycles. The van der Waals surface area contributed by atoms with Gasteiger partial charge in [-0.25, -0.2) is 0 Å². The Morgan fingerprint density at radius 2 is 1.78 bits per heavy atom. The van der Waals surface area contributed by atoms with Crippen molar-refractivity contribution in [3.05, 3.63) is 21.9 Å². The number of hydrogen-bond donors (Lipinski definition) is 1. The van der Waals surface area contributed by atoms with Crippen molar-refractivity contribution in [3.63, 3.8) is 0 Å². The quantitative estimate of drug-likeness (QED) is 0.910. The highest BCUT2D eigenvalue weighted by Crippen LogP contribution is 2.62. The van der Waals surface area contributed by atoms with Gasteiger partial charge in [-0.15, -0.1) is 10.2 Å². The van der Waals surface area contributed by atoms with Gasteiger partial charge in [0, 0.05) is 6.04 Å². The van der Waals surface area contributed by atoms with Crippen molar-refractivity contribution >= 4 is 29.1 Å². The average Bonchev–Trinajstić information content (AvgIpc) is 2.64. The van der Waals surface area contributed by atoms with Gasteiger partial charge in [0.15, 0.2) is 10.3 Å². The largest absolute Gasteiger partial charge is 0.348 e. The average molecular weight is 288 g/mol. The molecule has 2 rings (SSSR count). The molecule has 0 bridgehead atoms. The number of amides is 1. The molecule has 4 nitrogen and oxygen atoms in total. The molecule has 0 saturated heterocycles. The minimum absolute atomic E-state index is 0.0631. The molecule has 1 saturated carbocycles. The van der Waals surface area contributed by atoms with Crippen molar-refractivity contribution in [2.45, 2.75) is 33.7 Å². The minimum Gasteiger partial charge on any atom is -0.348 e. The Morgan fingerprint density at radius 3 is 2.28 bits per heavy atom. The van der Waals surface area contributed by atoms with Crippen molar-refractivity contribution in [3.8, 4) is 0 Å². The Hall–Kier alpha value is -0.870. The van der Waals surface area contributed by atoms with Crippen LogP contribution >= 0.6 is 23.2 Å². The predicted octanol–water partition coefficient (Wildman–Crippen LogP) is 2.95. The van der Waals surface area contributed by atoms with Crippen molar-refractivity contribution < 1.29 is 4.79 Å². The summed E-state index contributed by atoms with van der Waals surface area (Å²) >= 11 is 11.6. The topological polar surface area (TPSA) is 54.9 Å². The third-order valence-corrected chi connectivity index (χ3v) is 4.72. The molecule has 6 heteroatoms. The van der Waals surface area contributed by atoms with Gasteiger partial charge in [-0.1, -0.05) is 50.9 Å². The Kier molecular flexibility index (Phi) is 3.06. The van der Waals surface area contributed by atoms with Crippen LogP contribution in [0.5, 0.6) is 0 Å². The van der Waals surface area contributed by atoms with Crippen LogP contribution in [-0.4, -0.2) is 22.1 Å². The number of rotatable bonds is 2. The van der Waals surface area contributed by atoms with E-state index in [0.717, 1.165) is 0 Å². The van der Waals surface area contributed by atoms with E-state index in [2.05, 4.69) is 43.2 Å². The molecule has 98 valence electrons. The van der Waals surface area contributed by atoms with Crippen LogP contribution in [0.3, 0.4) is 0 Å². The standard InChI is InChI=1S/C12H15Cl2N3O/c1-11(2)10(12(11,3)4)15-9(18)6-5-7(13)16-17-8(6)14/h5,10H,1-4H3,(H,15,18). The lowest BCUT2D eigenvalue weighted by Gasteiger charge is -2.07. The van der Waals surface area contributed by atoms with Gasteiger partial charge in [0.25, 0.3) is 5.91 Å². The van der Waals surface area contributed by atoms with Crippen LogP contribution in [-0.2, 0) is 0 Å². The second-order valence-electron chi connectivity index (χ2n) is 5.72. The third-order valence-electron chi connectivity index (χ3n) is 4.26. The summed E-state index contributed by atoms with van der Waals surface area (Å²) in [5.41, 5.74) is 0.397. The number of carbonyl (C=O) groups is 1. The second kappa shape index (κ2) is 4.07. The monoisotopic (exact) mass is 287 g/mol. The lowest BCUT2D eigenvalue weighted by atomic mass is 10.0. The van der Waals surface area contributed by atoms with Crippen LogP contribution in [0.15, 0.2) is 6.07 Å². The summed E-state index contributed by atoms with van der Waals surface area (Å²) in [6.45, 7) is 8.49. The van der Waals surface area contributed by atoms with Gasteiger partial charge in [0.2, 0.25) is 0 Å². The van der Waals surface area contributed by atoms with E-state index < -0.39 is 0 Å². The summed E-state index contributed by atoms with van der Waals surface area (Å²) in [7, 11) is 0. The van der Waals surface area contributed by atoms with E-state index in [4.69, 9.17) is 23.2 Å². The van der Waals surface area contributed by atoms with E-state index in [0.29, 0.717) is 0 Å². The molecule has 1 amide bonds. The minimum atomic E-state index is -0.263. The molecule has 0 atom stereocenters. The number of aromatic nitrogens is 2. The molecule has 1 aromatic rings. The van der Waals surface area contributed by atoms with Crippen LogP contribution < -0.4 is 5.32 Å². The van der Waals surface area contributed by atoms with E-state index in [9.17, 15) is 4.79 Å². The van der Waals surface area contributed by atoms with Gasteiger partial charge in [-0.2, -0.15) is 0 Å². The van der Waals surface area contributed by atoms with Crippen LogP contribution in [0, 0.1) is 10.8 Å². The van der Waals surface area contributed by atoms with E-state index in [-0.39, 0.29) is 38.6 Å². The number of halogens is 2. The number of nitrogens with zero attached hydrogens (tertiary/aromatic N) is 2. The van der Waals surface area contributed by atoms with E-state index >= 15 is 0 Å². The molecular formula is C12H15Cl2N3O. The second-order valence-corrected chi connectivity index (χ2v) is 6.47. The Balaban J connectivity index is 2.17. The number of nitrogens with one attached hydrogen (secondary N) is 1. The summed E-state index contributed by atoms with van der Waals surface area (Å²) in [6.07, 6.45) is 0. The van der Waals surface area contributed by atoms with Crippen molar-refractivity contribution in [1.29, 1.82) is 0 Å². The number of hydrogen-bond acceptors (Lipinski definition) is 3. The fourth-order valence-corrected chi connectivity index (χ4v) is 2.60. The highest BCUT2D eigenvalue weighted by molar-refractivity contribution is 6.34. The first-order chi connectivity index (χ1) is 8.18. The van der Waals surface area contributed by atoms with Gasteiger partial charge in [-0.3, -0.25) is 4.79 Å². The molecule has 1 aromatic heterocycles. The van der Waals surface area contributed by atoms with E-state index in [1.54, 1.807) is 0 Å². The van der Waals surface area contributed by atoms with Gasteiger partial charge >= 0.3 is 0 Å². The molecular weight excluding hydrogens is 273 g/mol. The zero-order valence-electron chi connectivity index (χ0n) is 10.7. The van der Waals surface area contributed by atoms with E-state index in [1.807, 2.05) is 0 Å². The first kappa shape index (κ1) is 13.6. The smallest absolute Gasteiger partial charge is 0.254 e. The normalized spacial score (nSPS) is 20.6. The molecule has 1 N–H and O–H groups in total. The summed E-state index contributed by atoms with van der Waals surface area (Å²) in [4.78, 5) is 12.1. The molecule has 18 heavy (non-hydrogen) atoms. The lowest BCUT2D eigenvalue weighted by molar-refractivity contribution is 0.0943. The maximum Gasteiger partial charge on any atom is 0.254 e. The molecule has 0 aromatic carbocycles. The van der Waals surface area contributed by atoms with Gasteiger partial charge in [0.05, 0.1) is 5.56 Å². The fourth-order valence-electron chi connectivity index (χ4n) is 2.28. The number of carbonyl (C=O) groups excluding carboxylic acids is 1. The van der Waals surface area contributed by atoms with Gasteiger partial charge in [0.1, 0.15) is 0 Å². The maximum absolute atomic E-state index is 12.1. The molecule has 1 heterocycles. The van der Waals surface area contributed by atoms with Crippen molar-refractivity contribution in [2.75, 3.05) is 0 Å². The Bertz CT molecular complexity index is 500. The summed E-state index contributed by atoms with van der Waals surface area (Å²) < 4.78 is 0. The Labute approximate surface area is 116 Å². The van der Waals surface area contributed by atoms with Crippen molar-refractivity contribution in [1.82, 2.24) is 15.5 Å². The van der Waals surface area contributed by atoms with Gasteiger partial charge in [-0.05, 0) is 16.9 Å². The van der Waals surface area contributed by atoms with Crippen LogP contribution in [0.2, 0.25) is 10.3 Å². The highest BCUT2D eigenvalue weighted by Gasteiger charge is 2.65. The third kappa shape index (κ3) is 1.97. The van der Waals surface area contributed by atoms with Crippen LogP contribution in [0.1, 0.15) is 38.1 Å². The SMILES string of the molecule is CC1(C)C(NC(=O)c2cc(Cl)nnc2Cl)C1(C)C. The van der Waals surface area contributed by atoms with Crippen molar-refractivity contribution in [2.24, 2.45) is 10.8 Å². The van der Waals surface area contributed by atoms with Gasteiger partial charge < -0.3 is 5.32 Å². The van der Waals surface area contributed by atoms with E-state index in [1.165, 1.54) is 6.07 Å². The summed E-state index contributed by atoms with van der Waals surface area (Å²) in [5, 5.41) is 10.4. The fraction of sp³-hybridized carbons (Fsp3) is 0.583. The first-order valence-corrected chi connectivity index (χ1v) is 6.43. The lowest BCUT2D eigenvalue weighted by Crippen LogP contribution is -2.30. The maximum atomic E-state index is 12.1. The van der Waals surface area contributed by atoms with Crippen LogP contribution in [0.25, 0.3) is 0 Å². The Morgan fingerprint density at radius 1 is 1.22 bits per heavy atom.